The van der Waals surface area contributed by atoms with E-state index in [2.05, 4.69) is 42.8 Å². The van der Waals surface area contributed by atoms with Crippen molar-refractivity contribution in [2.45, 2.75) is 32.2 Å². The van der Waals surface area contributed by atoms with E-state index in [1.165, 1.54) is 10.9 Å². The smallest absolute Gasteiger partial charge is 0.129 e. The minimum Gasteiger partial charge on any atom is -0.320 e. The first-order chi connectivity index (χ1) is 8.79. The predicted molar refractivity (Wildman–Crippen MR) is 83.1 cm³/mol. The largest absolute Gasteiger partial charge is 0.320 e. The lowest BCUT2D eigenvalue weighted by Crippen LogP contribution is -2.12. The molecular formula is C15H17BrFNS. The Balaban J connectivity index is 2.34. The number of halogens is 2. The zero-order valence-corrected chi connectivity index (χ0v) is 13.6. The van der Waals surface area contributed by atoms with Crippen LogP contribution in [0.4, 0.5) is 4.39 Å². The van der Waals surface area contributed by atoms with Crippen molar-refractivity contribution in [3.05, 3.63) is 55.9 Å². The summed E-state index contributed by atoms with van der Waals surface area (Å²) in [4.78, 5) is 2.25. The van der Waals surface area contributed by atoms with Crippen LogP contribution < -0.4 is 5.73 Å². The van der Waals surface area contributed by atoms with Crippen LogP contribution in [0.1, 0.15) is 42.1 Å². The molecule has 1 aromatic heterocycles. The summed E-state index contributed by atoms with van der Waals surface area (Å²) >= 11 is 4.91. The summed E-state index contributed by atoms with van der Waals surface area (Å²) in [6.07, 6.45) is 0. The number of rotatable bonds is 2. The Morgan fingerprint density at radius 2 is 1.89 bits per heavy atom. The van der Waals surface area contributed by atoms with Gasteiger partial charge in [-0.3, -0.25) is 0 Å². The van der Waals surface area contributed by atoms with Gasteiger partial charge in [0.15, 0.2) is 0 Å². The van der Waals surface area contributed by atoms with Gasteiger partial charge in [-0.1, -0.05) is 42.8 Å². The first-order valence-electron chi connectivity index (χ1n) is 6.10. The van der Waals surface area contributed by atoms with Gasteiger partial charge >= 0.3 is 0 Å². The Morgan fingerprint density at radius 1 is 1.21 bits per heavy atom. The van der Waals surface area contributed by atoms with Crippen molar-refractivity contribution < 1.29 is 4.39 Å². The summed E-state index contributed by atoms with van der Waals surface area (Å²) in [5, 5.41) is 0. The second-order valence-electron chi connectivity index (χ2n) is 5.60. The van der Waals surface area contributed by atoms with Gasteiger partial charge in [0.2, 0.25) is 0 Å². The van der Waals surface area contributed by atoms with E-state index in [-0.39, 0.29) is 11.2 Å². The summed E-state index contributed by atoms with van der Waals surface area (Å²) in [7, 11) is 0. The van der Waals surface area contributed by atoms with Gasteiger partial charge in [-0.2, -0.15) is 0 Å². The average molecular weight is 342 g/mol. The van der Waals surface area contributed by atoms with Crippen molar-refractivity contribution in [1.29, 1.82) is 0 Å². The minimum atomic E-state index is -0.408. The van der Waals surface area contributed by atoms with Gasteiger partial charge in [0.05, 0.1) is 6.04 Å². The average Bonchev–Trinajstić information content (AvgIpc) is 2.76. The molecule has 0 spiro atoms. The van der Waals surface area contributed by atoms with E-state index in [0.29, 0.717) is 5.56 Å². The maximum Gasteiger partial charge on any atom is 0.129 e. The van der Waals surface area contributed by atoms with E-state index in [0.717, 1.165) is 9.35 Å². The SMILES string of the molecule is CC(C)(C)c1ccc(C(N)c2ccc(Br)cc2F)s1. The highest BCUT2D eigenvalue weighted by Crippen LogP contribution is 2.34. The third-order valence-corrected chi connectivity index (χ3v) is 5.06. The molecule has 19 heavy (non-hydrogen) atoms. The van der Waals surface area contributed by atoms with E-state index in [9.17, 15) is 4.39 Å². The van der Waals surface area contributed by atoms with Crippen LogP contribution in [0.2, 0.25) is 0 Å². The van der Waals surface area contributed by atoms with E-state index in [1.54, 1.807) is 17.4 Å². The molecule has 0 radical (unpaired) electrons. The van der Waals surface area contributed by atoms with Crippen molar-refractivity contribution in [2.24, 2.45) is 5.73 Å². The maximum atomic E-state index is 13.9. The van der Waals surface area contributed by atoms with E-state index in [4.69, 9.17) is 5.73 Å². The molecule has 0 aliphatic rings. The van der Waals surface area contributed by atoms with Crippen molar-refractivity contribution in [3.8, 4) is 0 Å². The van der Waals surface area contributed by atoms with Gasteiger partial charge in [-0.05, 0) is 29.7 Å². The number of hydrogen-bond acceptors (Lipinski definition) is 2. The molecule has 0 saturated carbocycles. The molecule has 1 unspecified atom stereocenters. The van der Waals surface area contributed by atoms with Crippen LogP contribution in [-0.4, -0.2) is 0 Å². The Kier molecular flexibility index (Phi) is 4.14. The van der Waals surface area contributed by atoms with Crippen LogP contribution in [0.15, 0.2) is 34.8 Å². The van der Waals surface area contributed by atoms with Gasteiger partial charge in [0.25, 0.3) is 0 Å². The van der Waals surface area contributed by atoms with Crippen LogP contribution in [0.5, 0.6) is 0 Å². The fourth-order valence-corrected chi connectivity index (χ4v) is 3.25. The van der Waals surface area contributed by atoms with Gasteiger partial charge in [-0.15, -0.1) is 11.3 Å². The van der Waals surface area contributed by atoms with Crippen molar-refractivity contribution in [3.63, 3.8) is 0 Å². The lowest BCUT2D eigenvalue weighted by molar-refractivity contribution is 0.600. The molecule has 2 rings (SSSR count). The molecule has 4 heteroatoms. The monoisotopic (exact) mass is 341 g/mol. The fourth-order valence-electron chi connectivity index (χ4n) is 1.83. The normalized spacial score (nSPS) is 13.6. The molecule has 0 amide bonds. The fraction of sp³-hybridized carbons (Fsp3) is 0.333. The lowest BCUT2D eigenvalue weighted by Gasteiger charge is -2.16. The van der Waals surface area contributed by atoms with Gasteiger partial charge in [0.1, 0.15) is 5.82 Å². The Hall–Kier alpha value is -0.710. The third kappa shape index (κ3) is 3.25. The number of hydrogen-bond donors (Lipinski definition) is 1. The molecule has 2 N–H and O–H groups in total. The van der Waals surface area contributed by atoms with Gasteiger partial charge in [-0.25, -0.2) is 4.39 Å². The molecular weight excluding hydrogens is 325 g/mol. The van der Waals surface area contributed by atoms with Crippen LogP contribution in [0.3, 0.4) is 0 Å². The summed E-state index contributed by atoms with van der Waals surface area (Å²) in [6.45, 7) is 6.48. The summed E-state index contributed by atoms with van der Waals surface area (Å²) in [5.41, 5.74) is 6.81. The number of thiophene rings is 1. The molecule has 0 bridgehead atoms. The Bertz CT molecular complexity index is 586. The van der Waals surface area contributed by atoms with Crippen molar-refractivity contribution in [1.82, 2.24) is 0 Å². The van der Waals surface area contributed by atoms with Crippen LogP contribution >= 0.6 is 27.3 Å². The zero-order valence-electron chi connectivity index (χ0n) is 11.2. The quantitative estimate of drug-likeness (QED) is 0.817. The maximum absolute atomic E-state index is 13.9. The second kappa shape index (κ2) is 5.35. The molecule has 2 aromatic rings. The molecule has 0 aliphatic carbocycles. The third-order valence-electron chi connectivity index (χ3n) is 2.97. The van der Waals surface area contributed by atoms with Crippen molar-refractivity contribution >= 4 is 27.3 Å². The van der Waals surface area contributed by atoms with E-state index >= 15 is 0 Å². The molecule has 0 fully saturated rings. The van der Waals surface area contributed by atoms with Gasteiger partial charge in [0, 0.05) is 19.8 Å². The summed E-state index contributed by atoms with van der Waals surface area (Å²) in [6, 6.07) is 8.67. The number of benzene rings is 1. The van der Waals surface area contributed by atoms with Crippen LogP contribution in [-0.2, 0) is 5.41 Å². The second-order valence-corrected chi connectivity index (χ2v) is 7.63. The standard InChI is InChI=1S/C15H17BrFNS/c1-15(2,3)13-7-6-12(19-13)14(18)10-5-4-9(16)8-11(10)17/h4-8,14H,18H2,1-3H3. The highest BCUT2D eigenvalue weighted by atomic mass is 79.9. The molecule has 0 saturated heterocycles. The summed E-state index contributed by atoms with van der Waals surface area (Å²) < 4.78 is 14.6. The topological polar surface area (TPSA) is 26.0 Å². The highest BCUT2D eigenvalue weighted by Gasteiger charge is 2.20. The van der Waals surface area contributed by atoms with E-state index < -0.39 is 6.04 Å². The highest BCUT2D eigenvalue weighted by molar-refractivity contribution is 9.10. The minimum absolute atomic E-state index is 0.0981. The molecule has 1 heterocycles. The Morgan fingerprint density at radius 3 is 2.42 bits per heavy atom. The summed E-state index contributed by atoms with van der Waals surface area (Å²) in [5.74, 6) is -0.271. The van der Waals surface area contributed by atoms with Crippen LogP contribution in [0, 0.1) is 5.82 Å². The molecule has 0 aliphatic heterocycles. The van der Waals surface area contributed by atoms with E-state index in [1.807, 2.05) is 12.1 Å². The number of nitrogens with two attached hydrogens (primary N) is 1. The van der Waals surface area contributed by atoms with Crippen LogP contribution in [0.25, 0.3) is 0 Å². The first-order valence-corrected chi connectivity index (χ1v) is 7.71. The molecule has 1 atom stereocenters. The molecule has 1 aromatic carbocycles. The lowest BCUT2D eigenvalue weighted by atomic mass is 9.95. The Labute approximate surface area is 125 Å². The first kappa shape index (κ1) is 14.7. The molecule has 102 valence electrons. The predicted octanol–water partition coefficient (Wildman–Crippen LogP) is 5.00. The van der Waals surface area contributed by atoms with Crippen molar-refractivity contribution in [2.75, 3.05) is 0 Å². The molecule has 1 nitrogen and oxygen atoms in total. The zero-order chi connectivity index (χ0) is 14.2. The van der Waals surface area contributed by atoms with Gasteiger partial charge < -0.3 is 5.73 Å².